The number of hydrogen-bond donors (Lipinski definition) is 0. The number of hydrogen-bond acceptors (Lipinski definition) is 3. The van der Waals surface area contributed by atoms with Crippen molar-refractivity contribution >= 4 is 11.3 Å². The predicted molar refractivity (Wildman–Crippen MR) is 60.4 cm³/mol. The Bertz CT molecular complexity index is 468. The van der Waals surface area contributed by atoms with Gasteiger partial charge in [-0.1, -0.05) is 30.3 Å². The topological polar surface area (TPSA) is 36.7 Å². The zero-order valence-electron chi connectivity index (χ0n) is 8.05. The summed E-state index contributed by atoms with van der Waals surface area (Å²) in [6.07, 6.45) is 4.10. The van der Waals surface area contributed by atoms with Gasteiger partial charge in [0.05, 0.1) is 11.1 Å². The van der Waals surface area contributed by atoms with Crippen LogP contribution in [-0.4, -0.2) is 4.98 Å². The highest BCUT2D eigenvalue weighted by molar-refractivity contribution is 7.11. The first-order chi connectivity index (χ1) is 7.38. The molecular weight excluding hydrogens is 204 g/mol. The molecule has 2 rings (SSSR count). The van der Waals surface area contributed by atoms with Gasteiger partial charge in [-0.25, -0.2) is 4.98 Å². The van der Waals surface area contributed by atoms with E-state index in [2.05, 4.69) is 17.1 Å². The molecule has 0 amide bonds. The van der Waals surface area contributed by atoms with Crippen LogP contribution in [-0.2, 0) is 6.42 Å². The van der Waals surface area contributed by atoms with Crippen molar-refractivity contribution < 1.29 is 0 Å². The van der Waals surface area contributed by atoms with Crippen molar-refractivity contribution in [2.24, 2.45) is 0 Å². The fourth-order valence-corrected chi connectivity index (χ4v) is 2.14. The van der Waals surface area contributed by atoms with Gasteiger partial charge >= 0.3 is 0 Å². The molecule has 1 aromatic heterocycles. The van der Waals surface area contributed by atoms with Crippen LogP contribution in [0.3, 0.4) is 0 Å². The molecule has 0 aliphatic heterocycles. The van der Waals surface area contributed by atoms with E-state index in [0.29, 0.717) is 0 Å². The molecule has 1 heterocycles. The van der Waals surface area contributed by atoms with E-state index in [0.717, 1.165) is 16.3 Å². The van der Waals surface area contributed by atoms with E-state index in [1.165, 1.54) is 12.0 Å². The number of nitrogens with zero attached hydrogens (tertiary/aromatic N) is 2. The smallest absolute Gasteiger partial charge is 0.103 e. The van der Waals surface area contributed by atoms with Crippen LogP contribution in [0.1, 0.15) is 15.4 Å². The zero-order valence-corrected chi connectivity index (χ0v) is 8.87. The number of rotatable bonds is 3. The van der Waals surface area contributed by atoms with E-state index in [-0.39, 0.29) is 0 Å². The van der Waals surface area contributed by atoms with Crippen LogP contribution >= 0.6 is 11.3 Å². The molecule has 0 atom stereocenters. The Kier molecular flexibility index (Phi) is 3.11. The van der Waals surface area contributed by atoms with Crippen LogP contribution < -0.4 is 0 Å². The Hall–Kier alpha value is -1.66. The summed E-state index contributed by atoms with van der Waals surface area (Å²) in [5, 5.41) is 9.54. The summed E-state index contributed by atoms with van der Waals surface area (Å²) in [7, 11) is 0. The van der Waals surface area contributed by atoms with Gasteiger partial charge < -0.3 is 0 Å². The summed E-state index contributed by atoms with van der Waals surface area (Å²) in [6, 6.07) is 12.2. The van der Waals surface area contributed by atoms with Crippen LogP contribution in [0.2, 0.25) is 0 Å². The highest BCUT2D eigenvalue weighted by atomic mass is 32.1. The molecule has 0 unspecified atom stereocenters. The fourth-order valence-electron chi connectivity index (χ4n) is 1.31. The van der Waals surface area contributed by atoms with Crippen molar-refractivity contribution in [1.29, 1.82) is 5.26 Å². The first-order valence-corrected chi connectivity index (χ1v) is 5.41. The summed E-state index contributed by atoms with van der Waals surface area (Å²) in [6.45, 7) is 0. The second-order valence-corrected chi connectivity index (χ2v) is 4.24. The summed E-state index contributed by atoms with van der Waals surface area (Å²) in [5.41, 5.74) is 1.25. The second kappa shape index (κ2) is 4.72. The number of nitriles is 1. The van der Waals surface area contributed by atoms with Crippen molar-refractivity contribution in [2.75, 3.05) is 0 Å². The number of benzene rings is 1. The molecule has 0 bridgehead atoms. The van der Waals surface area contributed by atoms with E-state index in [9.17, 15) is 0 Å². The van der Waals surface area contributed by atoms with Crippen LogP contribution in [0.15, 0.2) is 36.5 Å². The monoisotopic (exact) mass is 213 g/mol. The minimum absolute atomic E-state index is 0.838. The Morgan fingerprint density at radius 3 is 2.87 bits per heavy atom. The lowest BCUT2D eigenvalue weighted by atomic mass is 10.2. The van der Waals surface area contributed by atoms with Crippen molar-refractivity contribution in [3.8, 4) is 6.07 Å². The molecular formula is C12H9N2S. The molecule has 2 nitrogen and oxygen atoms in total. The fraction of sp³-hybridized carbons (Fsp3) is 0.0833. The van der Waals surface area contributed by atoms with E-state index in [4.69, 9.17) is 5.26 Å². The minimum atomic E-state index is 0.838. The third kappa shape index (κ3) is 2.64. The van der Waals surface area contributed by atoms with Crippen LogP contribution in [0.5, 0.6) is 0 Å². The van der Waals surface area contributed by atoms with Crippen molar-refractivity contribution in [3.63, 3.8) is 0 Å². The van der Waals surface area contributed by atoms with Gasteiger partial charge in [0, 0.05) is 17.5 Å². The van der Waals surface area contributed by atoms with Gasteiger partial charge in [-0.05, 0) is 5.56 Å². The largest absolute Gasteiger partial charge is 0.249 e. The average molecular weight is 213 g/mol. The minimum Gasteiger partial charge on any atom is -0.249 e. The second-order valence-electron chi connectivity index (χ2n) is 3.09. The molecule has 73 valence electrons. The maximum absolute atomic E-state index is 8.49. The Morgan fingerprint density at radius 1 is 1.33 bits per heavy atom. The van der Waals surface area contributed by atoms with Gasteiger partial charge in [0.2, 0.25) is 0 Å². The first kappa shape index (κ1) is 9.88. The van der Waals surface area contributed by atoms with Gasteiger partial charge in [-0.3, -0.25) is 0 Å². The van der Waals surface area contributed by atoms with E-state index in [1.54, 1.807) is 17.5 Å². The molecule has 0 spiro atoms. The average Bonchev–Trinajstić information content (AvgIpc) is 2.68. The zero-order chi connectivity index (χ0) is 10.5. The molecule has 15 heavy (non-hydrogen) atoms. The predicted octanol–water partition coefficient (Wildman–Crippen LogP) is 2.81. The van der Waals surface area contributed by atoms with Gasteiger partial charge in [0.25, 0.3) is 0 Å². The normalized spacial score (nSPS) is 9.80. The van der Waals surface area contributed by atoms with Gasteiger partial charge in [-0.2, -0.15) is 5.26 Å². The Morgan fingerprint density at radius 2 is 2.13 bits per heavy atom. The number of thiazole rings is 1. The maximum Gasteiger partial charge on any atom is 0.103 e. The van der Waals surface area contributed by atoms with Crippen molar-refractivity contribution in [2.45, 2.75) is 6.42 Å². The molecule has 0 saturated carbocycles. The molecule has 1 aromatic carbocycles. The van der Waals surface area contributed by atoms with E-state index >= 15 is 0 Å². The SMILES string of the molecule is N#C[CH]c1cnc(Cc2ccccc2)s1. The van der Waals surface area contributed by atoms with Gasteiger partial charge in [0.1, 0.15) is 6.42 Å². The van der Waals surface area contributed by atoms with Gasteiger partial charge in [-0.15, -0.1) is 11.3 Å². The molecule has 3 heteroatoms. The third-order valence-corrected chi connectivity index (χ3v) is 2.92. The van der Waals surface area contributed by atoms with Crippen molar-refractivity contribution in [3.05, 3.63) is 58.4 Å². The molecule has 0 fully saturated rings. The maximum atomic E-state index is 8.49. The van der Waals surface area contributed by atoms with Crippen LogP contribution in [0, 0.1) is 17.8 Å². The lowest BCUT2D eigenvalue weighted by Gasteiger charge is -1.95. The highest BCUT2D eigenvalue weighted by Gasteiger charge is 2.02. The molecule has 1 radical (unpaired) electrons. The van der Waals surface area contributed by atoms with Gasteiger partial charge in [0.15, 0.2) is 0 Å². The van der Waals surface area contributed by atoms with Crippen molar-refractivity contribution in [1.82, 2.24) is 4.98 Å². The summed E-state index contributed by atoms with van der Waals surface area (Å²) < 4.78 is 0. The first-order valence-electron chi connectivity index (χ1n) is 4.60. The summed E-state index contributed by atoms with van der Waals surface area (Å²) >= 11 is 1.56. The standard InChI is InChI=1S/C12H9N2S/c13-7-6-11-9-14-12(15-11)8-10-4-2-1-3-5-10/h1-6,9H,8H2. The molecule has 0 aliphatic carbocycles. The summed E-state index contributed by atoms with van der Waals surface area (Å²) in [5.74, 6) is 0. The quantitative estimate of drug-likeness (QED) is 0.786. The number of aromatic nitrogens is 1. The Balaban J connectivity index is 2.09. The lowest BCUT2D eigenvalue weighted by molar-refractivity contribution is 1.14. The summed E-state index contributed by atoms with van der Waals surface area (Å²) in [4.78, 5) is 5.19. The molecule has 2 aromatic rings. The van der Waals surface area contributed by atoms with Crippen LogP contribution in [0.25, 0.3) is 0 Å². The lowest BCUT2D eigenvalue weighted by Crippen LogP contribution is -1.84. The molecule has 0 N–H and O–H groups in total. The molecule has 0 saturated heterocycles. The van der Waals surface area contributed by atoms with Crippen LogP contribution in [0.4, 0.5) is 0 Å². The highest BCUT2D eigenvalue weighted by Crippen LogP contribution is 2.17. The third-order valence-electron chi connectivity index (χ3n) is 1.98. The Labute approximate surface area is 92.8 Å². The van der Waals surface area contributed by atoms with E-state index in [1.807, 2.05) is 24.3 Å². The molecule has 0 aliphatic rings. The van der Waals surface area contributed by atoms with E-state index < -0.39 is 0 Å².